The Morgan fingerprint density at radius 1 is 1.31 bits per heavy atom. The largest absolute Gasteiger partial charge is 0.374 e. The summed E-state index contributed by atoms with van der Waals surface area (Å²) in [5.41, 5.74) is 7.02. The summed E-state index contributed by atoms with van der Waals surface area (Å²) in [6.07, 6.45) is 6.53. The molecule has 8 nitrogen and oxygen atoms in total. The number of aromatic nitrogens is 5. The van der Waals surface area contributed by atoms with E-state index in [1.165, 1.54) is 11.3 Å². The Hall–Kier alpha value is -2.46. The number of aromatic amines is 1. The number of hydrogen-bond acceptors (Lipinski definition) is 9. The Balaban J connectivity index is 1.40. The normalized spacial score (nSPS) is 10.8. The van der Waals surface area contributed by atoms with Gasteiger partial charge < -0.3 is 11.1 Å². The van der Waals surface area contributed by atoms with Gasteiger partial charge in [-0.1, -0.05) is 17.4 Å². The van der Waals surface area contributed by atoms with Crippen LogP contribution >= 0.6 is 23.1 Å². The molecule has 0 saturated carbocycles. The molecule has 0 aliphatic rings. The minimum atomic E-state index is -0.130. The van der Waals surface area contributed by atoms with Gasteiger partial charge in [-0.25, -0.2) is 4.98 Å². The van der Waals surface area contributed by atoms with E-state index in [2.05, 4.69) is 30.5 Å². The molecule has 0 unspecified atom stereocenters. The maximum absolute atomic E-state index is 12.2. The van der Waals surface area contributed by atoms with Crippen LogP contribution in [0.2, 0.25) is 0 Å². The molecule has 0 radical (unpaired) electrons. The minimum Gasteiger partial charge on any atom is -0.374 e. The van der Waals surface area contributed by atoms with Gasteiger partial charge in [0.05, 0.1) is 0 Å². The third-order valence-electron chi connectivity index (χ3n) is 3.46. The number of hydrogen-bond donors (Lipinski definition) is 3. The van der Waals surface area contributed by atoms with Gasteiger partial charge in [0.1, 0.15) is 5.01 Å². The number of nitrogens with one attached hydrogen (secondary N) is 2. The fourth-order valence-electron chi connectivity index (χ4n) is 2.22. The average molecular weight is 390 g/mol. The zero-order chi connectivity index (χ0) is 18.2. The van der Waals surface area contributed by atoms with Crippen LogP contribution in [-0.2, 0) is 12.2 Å². The van der Waals surface area contributed by atoms with Crippen LogP contribution in [0.1, 0.15) is 22.6 Å². The lowest BCUT2D eigenvalue weighted by molar-refractivity contribution is 0.942. The van der Waals surface area contributed by atoms with E-state index in [-0.39, 0.29) is 5.56 Å². The van der Waals surface area contributed by atoms with Crippen molar-refractivity contribution in [2.45, 2.75) is 18.6 Å². The van der Waals surface area contributed by atoms with Crippen molar-refractivity contribution in [3.63, 3.8) is 0 Å². The first-order chi connectivity index (χ1) is 12.7. The van der Waals surface area contributed by atoms with Crippen molar-refractivity contribution >= 4 is 34.2 Å². The molecule has 0 spiro atoms. The standard InChI is InChI=1S/C16H19N7OS2/c17-15-23-22-13(26-15)10-25-6-2-5-19-16-20-9-12(14(24)21-16)7-11-3-1-4-18-8-11/h1,3-4,8-9H,2,5-7,10H2,(H2,17,23)(H2,19,20,21,24). The highest BCUT2D eigenvalue weighted by atomic mass is 32.2. The van der Waals surface area contributed by atoms with Gasteiger partial charge in [0.2, 0.25) is 11.1 Å². The van der Waals surface area contributed by atoms with Gasteiger partial charge in [0, 0.05) is 42.9 Å². The first-order valence-electron chi connectivity index (χ1n) is 8.07. The van der Waals surface area contributed by atoms with Gasteiger partial charge in [-0.15, -0.1) is 10.2 Å². The van der Waals surface area contributed by atoms with E-state index in [0.29, 0.717) is 23.1 Å². The van der Waals surface area contributed by atoms with E-state index in [0.717, 1.165) is 35.0 Å². The van der Waals surface area contributed by atoms with Crippen LogP contribution < -0.4 is 16.6 Å². The molecule has 0 fully saturated rings. The maximum Gasteiger partial charge on any atom is 0.255 e. The molecule has 0 aromatic carbocycles. The van der Waals surface area contributed by atoms with Gasteiger partial charge in [-0.3, -0.25) is 14.8 Å². The first-order valence-corrected chi connectivity index (χ1v) is 10.0. The molecule has 26 heavy (non-hydrogen) atoms. The number of nitrogen functional groups attached to an aromatic ring is 1. The molecule has 3 aromatic heterocycles. The molecular formula is C16H19N7OS2. The number of nitrogens with two attached hydrogens (primary N) is 1. The SMILES string of the molecule is Nc1nnc(CSCCCNc2ncc(Cc3cccnc3)c(=O)[nH]2)s1. The average Bonchev–Trinajstić information content (AvgIpc) is 3.06. The Bertz CT molecular complexity index is 882. The van der Waals surface area contributed by atoms with Crippen molar-refractivity contribution in [1.82, 2.24) is 25.1 Å². The number of anilines is 2. The zero-order valence-electron chi connectivity index (χ0n) is 14.0. The van der Waals surface area contributed by atoms with Gasteiger partial charge in [-0.05, 0) is 23.8 Å². The molecule has 4 N–H and O–H groups in total. The van der Waals surface area contributed by atoms with Gasteiger partial charge in [0.25, 0.3) is 5.56 Å². The number of nitrogens with zero attached hydrogens (tertiary/aromatic N) is 4. The lowest BCUT2D eigenvalue weighted by atomic mass is 10.1. The summed E-state index contributed by atoms with van der Waals surface area (Å²) in [5.74, 6) is 2.27. The number of pyridine rings is 1. The molecular weight excluding hydrogens is 370 g/mol. The fraction of sp³-hybridized carbons (Fsp3) is 0.312. The summed E-state index contributed by atoms with van der Waals surface area (Å²) < 4.78 is 0. The van der Waals surface area contributed by atoms with E-state index < -0.39 is 0 Å². The molecule has 0 amide bonds. The summed E-state index contributed by atoms with van der Waals surface area (Å²) in [6, 6.07) is 3.79. The first kappa shape index (κ1) is 18.3. The van der Waals surface area contributed by atoms with E-state index in [4.69, 9.17) is 5.73 Å². The van der Waals surface area contributed by atoms with Crippen LogP contribution in [0.3, 0.4) is 0 Å². The third-order valence-corrected chi connectivity index (χ3v) is 5.45. The van der Waals surface area contributed by atoms with Crippen LogP contribution in [0.25, 0.3) is 0 Å². The predicted octanol–water partition coefficient (Wildman–Crippen LogP) is 1.92. The summed E-state index contributed by atoms with van der Waals surface area (Å²) in [5, 5.41) is 12.4. The molecule has 10 heteroatoms. The highest BCUT2D eigenvalue weighted by Gasteiger charge is 2.04. The molecule has 0 aliphatic carbocycles. The van der Waals surface area contributed by atoms with Crippen molar-refractivity contribution in [1.29, 1.82) is 0 Å². The quantitative estimate of drug-likeness (QED) is 0.474. The summed E-state index contributed by atoms with van der Waals surface area (Å²) in [6.45, 7) is 0.732. The molecule has 3 heterocycles. The van der Waals surface area contributed by atoms with E-state index in [1.807, 2.05) is 12.1 Å². The van der Waals surface area contributed by atoms with Crippen LogP contribution in [0.4, 0.5) is 11.1 Å². The summed E-state index contributed by atoms with van der Waals surface area (Å²) in [7, 11) is 0. The van der Waals surface area contributed by atoms with Crippen molar-refractivity contribution in [2.75, 3.05) is 23.3 Å². The van der Waals surface area contributed by atoms with Crippen molar-refractivity contribution < 1.29 is 0 Å². The van der Waals surface area contributed by atoms with Crippen molar-refractivity contribution in [3.8, 4) is 0 Å². The summed E-state index contributed by atoms with van der Waals surface area (Å²) >= 11 is 3.19. The fourth-order valence-corrected chi connectivity index (χ4v) is 3.84. The van der Waals surface area contributed by atoms with Crippen LogP contribution in [0.15, 0.2) is 35.5 Å². The number of rotatable bonds is 9. The van der Waals surface area contributed by atoms with Crippen molar-refractivity contribution in [2.24, 2.45) is 0 Å². The van der Waals surface area contributed by atoms with Crippen LogP contribution in [0, 0.1) is 0 Å². The van der Waals surface area contributed by atoms with E-state index >= 15 is 0 Å². The highest BCUT2D eigenvalue weighted by molar-refractivity contribution is 7.98. The van der Waals surface area contributed by atoms with Gasteiger partial charge >= 0.3 is 0 Å². The zero-order valence-corrected chi connectivity index (χ0v) is 15.6. The smallest absolute Gasteiger partial charge is 0.255 e. The Morgan fingerprint density at radius 3 is 2.96 bits per heavy atom. The Labute approximate surface area is 158 Å². The topological polar surface area (TPSA) is 122 Å². The Morgan fingerprint density at radius 2 is 2.23 bits per heavy atom. The lowest BCUT2D eigenvalue weighted by Crippen LogP contribution is -2.17. The van der Waals surface area contributed by atoms with E-state index in [9.17, 15) is 4.79 Å². The number of H-pyrrole nitrogens is 1. The number of thioether (sulfide) groups is 1. The predicted molar refractivity (Wildman–Crippen MR) is 105 cm³/mol. The minimum absolute atomic E-state index is 0.130. The lowest BCUT2D eigenvalue weighted by Gasteiger charge is -2.06. The molecule has 0 saturated heterocycles. The second-order valence-electron chi connectivity index (χ2n) is 5.49. The van der Waals surface area contributed by atoms with Crippen molar-refractivity contribution in [3.05, 3.63) is 57.2 Å². The monoisotopic (exact) mass is 389 g/mol. The molecule has 0 aliphatic heterocycles. The van der Waals surface area contributed by atoms with Gasteiger partial charge in [0.15, 0.2) is 0 Å². The van der Waals surface area contributed by atoms with E-state index in [1.54, 1.807) is 30.4 Å². The Kier molecular flexibility index (Phi) is 6.56. The molecule has 3 aromatic rings. The maximum atomic E-state index is 12.2. The second kappa shape index (κ2) is 9.30. The van der Waals surface area contributed by atoms with Crippen LogP contribution in [-0.4, -0.2) is 37.4 Å². The molecule has 136 valence electrons. The van der Waals surface area contributed by atoms with Crippen LogP contribution in [0.5, 0.6) is 0 Å². The molecule has 0 atom stereocenters. The summed E-state index contributed by atoms with van der Waals surface area (Å²) in [4.78, 5) is 23.3. The molecule has 0 bridgehead atoms. The molecule has 3 rings (SSSR count). The van der Waals surface area contributed by atoms with Gasteiger partial charge in [-0.2, -0.15) is 11.8 Å². The highest BCUT2D eigenvalue weighted by Crippen LogP contribution is 2.18. The second-order valence-corrected chi connectivity index (χ2v) is 7.69. The third kappa shape index (κ3) is 5.53.